The highest BCUT2D eigenvalue weighted by atomic mass is 16.4. The van der Waals surface area contributed by atoms with Crippen LogP contribution in [0, 0.1) is 5.92 Å². The Hall–Kier alpha value is -0.610. The third-order valence-electron chi connectivity index (χ3n) is 2.06. The van der Waals surface area contributed by atoms with Crippen LogP contribution in [0.3, 0.4) is 0 Å². The van der Waals surface area contributed by atoms with Gasteiger partial charge in [0.2, 0.25) is 0 Å². The molecule has 0 radical (unpaired) electrons. The fourth-order valence-electron chi connectivity index (χ4n) is 1.05. The van der Waals surface area contributed by atoms with Gasteiger partial charge in [-0.1, -0.05) is 6.92 Å². The number of carboxylic acids is 1. The van der Waals surface area contributed by atoms with Crippen molar-refractivity contribution in [3.05, 3.63) is 0 Å². The van der Waals surface area contributed by atoms with E-state index in [1.54, 1.807) is 0 Å². The summed E-state index contributed by atoms with van der Waals surface area (Å²) in [6.07, 6.45) is 1.07. The number of hydrogen-bond donors (Lipinski definition) is 3. The zero-order chi connectivity index (χ0) is 8.43. The first-order chi connectivity index (χ1) is 5.15. The Kier molecular flexibility index (Phi) is 2.46. The van der Waals surface area contributed by atoms with Gasteiger partial charge in [0, 0.05) is 12.6 Å². The molecule has 64 valence electrons. The fraction of sp³-hybridized carbons (Fsp3) is 0.857. The summed E-state index contributed by atoms with van der Waals surface area (Å²) in [6.45, 7) is 2.26. The fourth-order valence-corrected chi connectivity index (χ4v) is 1.05. The predicted molar refractivity (Wildman–Crippen MR) is 41.2 cm³/mol. The van der Waals surface area contributed by atoms with E-state index in [9.17, 15) is 4.79 Å². The van der Waals surface area contributed by atoms with E-state index in [1.165, 1.54) is 0 Å². The van der Waals surface area contributed by atoms with Gasteiger partial charge >= 0.3 is 5.97 Å². The molecule has 1 aliphatic rings. The van der Waals surface area contributed by atoms with Gasteiger partial charge < -0.3 is 16.2 Å². The van der Waals surface area contributed by atoms with E-state index in [4.69, 9.17) is 10.8 Å². The first-order valence-corrected chi connectivity index (χ1v) is 3.84. The van der Waals surface area contributed by atoms with Gasteiger partial charge in [-0.05, 0) is 12.3 Å². The molecular formula is C7H14N2O2. The maximum absolute atomic E-state index is 10.5. The average molecular weight is 158 g/mol. The molecule has 11 heavy (non-hydrogen) atoms. The summed E-state index contributed by atoms with van der Waals surface area (Å²) < 4.78 is 0. The molecule has 4 nitrogen and oxygen atoms in total. The smallest absolute Gasteiger partial charge is 0.322 e. The highest BCUT2D eigenvalue weighted by Gasteiger charge is 2.35. The molecule has 4 N–H and O–H groups in total. The van der Waals surface area contributed by atoms with Gasteiger partial charge in [-0.3, -0.25) is 4.79 Å². The van der Waals surface area contributed by atoms with E-state index >= 15 is 0 Å². The van der Waals surface area contributed by atoms with Crippen LogP contribution in [0.1, 0.15) is 13.3 Å². The summed E-state index contributed by atoms with van der Waals surface area (Å²) in [4.78, 5) is 10.5. The summed E-state index contributed by atoms with van der Waals surface area (Å²) in [5.74, 6) is -0.241. The first-order valence-electron chi connectivity index (χ1n) is 3.84. The summed E-state index contributed by atoms with van der Waals surface area (Å²) in [5.41, 5.74) is 5.25. The van der Waals surface area contributed by atoms with Crippen LogP contribution >= 0.6 is 0 Å². The number of aliphatic carboxylic acids is 1. The van der Waals surface area contributed by atoms with Crippen molar-refractivity contribution < 1.29 is 9.90 Å². The van der Waals surface area contributed by atoms with E-state index in [1.807, 2.05) is 0 Å². The Balaban J connectivity index is 2.27. The van der Waals surface area contributed by atoms with Crippen LogP contribution in [0.4, 0.5) is 0 Å². The zero-order valence-corrected chi connectivity index (χ0v) is 6.58. The molecule has 0 aromatic carbocycles. The second-order valence-electron chi connectivity index (χ2n) is 3.11. The van der Waals surface area contributed by atoms with Crippen LogP contribution in [-0.2, 0) is 4.79 Å². The summed E-state index contributed by atoms with van der Waals surface area (Å²) in [6, 6.07) is -0.190. The van der Waals surface area contributed by atoms with Crippen molar-refractivity contribution in [2.75, 3.05) is 6.54 Å². The lowest BCUT2D eigenvalue weighted by atomic mass is 10.3. The van der Waals surface area contributed by atoms with Crippen molar-refractivity contribution in [2.24, 2.45) is 11.7 Å². The van der Waals surface area contributed by atoms with Crippen LogP contribution in [-0.4, -0.2) is 29.7 Å². The first kappa shape index (κ1) is 8.49. The molecule has 1 aliphatic carbocycles. The molecular weight excluding hydrogens is 144 g/mol. The molecule has 0 aromatic heterocycles. The number of nitrogens with two attached hydrogens (primary N) is 1. The third-order valence-corrected chi connectivity index (χ3v) is 2.06. The van der Waals surface area contributed by atoms with E-state index in [-0.39, 0.29) is 6.54 Å². The van der Waals surface area contributed by atoms with E-state index < -0.39 is 12.0 Å². The van der Waals surface area contributed by atoms with Crippen LogP contribution in [0.5, 0.6) is 0 Å². The van der Waals surface area contributed by atoms with Crippen molar-refractivity contribution >= 4 is 5.97 Å². The molecule has 3 atom stereocenters. The highest BCUT2D eigenvalue weighted by Crippen LogP contribution is 2.29. The molecule has 0 aliphatic heterocycles. The molecule has 0 aromatic rings. The molecule has 0 spiro atoms. The van der Waals surface area contributed by atoms with E-state index in [0.717, 1.165) is 6.42 Å². The quantitative estimate of drug-likeness (QED) is 0.510. The minimum atomic E-state index is -0.855. The topological polar surface area (TPSA) is 75.3 Å². The molecule has 1 saturated carbocycles. The van der Waals surface area contributed by atoms with Gasteiger partial charge in [-0.15, -0.1) is 0 Å². The van der Waals surface area contributed by atoms with Crippen molar-refractivity contribution in [2.45, 2.75) is 25.4 Å². The average Bonchev–Trinajstić information content (AvgIpc) is 2.61. The summed E-state index contributed by atoms with van der Waals surface area (Å²) in [5, 5.41) is 11.6. The molecule has 1 fully saturated rings. The van der Waals surface area contributed by atoms with Gasteiger partial charge in [-0.2, -0.15) is 0 Å². The Morgan fingerprint density at radius 2 is 2.45 bits per heavy atom. The lowest BCUT2D eigenvalue weighted by Crippen LogP contribution is -2.44. The van der Waals surface area contributed by atoms with Gasteiger partial charge in [0.1, 0.15) is 6.04 Å². The minimum Gasteiger partial charge on any atom is -0.480 e. The molecule has 1 rings (SSSR count). The lowest BCUT2D eigenvalue weighted by molar-refractivity contribution is -0.139. The molecule has 0 amide bonds. The van der Waals surface area contributed by atoms with Crippen molar-refractivity contribution in [1.82, 2.24) is 5.32 Å². The van der Waals surface area contributed by atoms with Gasteiger partial charge in [0.15, 0.2) is 0 Å². The Morgan fingerprint density at radius 1 is 1.91 bits per heavy atom. The number of nitrogens with one attached hydrogen (secondary N) is 1. The Labute approximate surface area is 65.8 Å². The number of hydrogen-bond acceptors (Lipinski definition) is 3. The van der Waals surface area contributed by atoms with Gasteiger partial charge in [-0.25, -0.2) is 0 Å². The van der Waals surface area contributed by atoms with Crippen molar-refractivity contribution in [1.29, 1.82) is 0 Å². The minimum absolute atomic E-state index is 0.165. The van der Waals surface area contributed by atoms with E-state index in [2.05, 4.69) is 12.2 Å². The second kappa shape index (κ2) is 3.19. The second-order valence-corrected chi connectivity index (χ2v) is 3.11. The van der Waals surface area contributed by atoms with Gasteiger partial charge in [0.25, 0.3) is 0 Å². The number of carbonyl (C=O) groups is 1. The molecule has 0 heterocycles. The highest BCUT2D eigenvalue weighted by molar-refractivity contribution is 5.73. The van der Waals surface area contributed by atoms with Crippen molar-refractivity contribution in [3.8, 4) is 0 Å². The number of rotatable bonds is 4. The Bertz CT molecular complexity index is 161. The predicted octanol–water partition coefficient (Wildman–Crippen LogP) is -0.604. The van der Waals surface area contributed by atoms with E-state index in [0.29, 0.717) is 12.0 Å². The van der Waals surface area contributed by atoms with Gasteiger partial charge in [0.05, 0.1) is 0 Å². The summed E-state index contributed by atoms with van der Waals surface area (Å²) in [7, 11) is 0. The third kappa shape index (κ3) is 2.17. The zero-order valence-electron chi connectivity index (χ0n) is 6.58. The Morgan fingerprint density at radius 3 is 2.73 bits per heavy atom. The lowest BCUT2D eigenvalue weighted by Gasteiger charge is -2.10. The SMILES string of the molecule is CC1CC1NC(CN)C(=O)O. The maximum Gasteiger partial charge on any atom is 0.322 e. The van der Waals surface area contributed by atoms with Crippen LogP contribution in [0.25, 0.3) is 0 Å². The van der Waals surface area contributed by atoms with Crippen LogP contribution in [0.15, 0.2) is 0 Å². The standard InChI is InChI=1S/C7H14N2O2/c1-4-2-5(4)9-6(3-8)7(10)11/h4-6,9H,2-3,8H2,1H3,(H,10,11). The molecule has 0 bridgehead atoms. The maximum atomic E-state index is 10.5. The van der Waals surface area contributed by atoms with Crippen molar-refractivity contribution in [3.63, 3.8) is 0 Å². The normalized spacial score (nSPS) is 31.5. The van der Waals surface area contributed by atoms with Crippen LogP contribution in [0.2, 0.25) is 0 Å². The largest absolute Gasteiger partial charge is 0.480 e. The molecule has 3 unspecified atom stereocenters. The number of carboxylic acid groups (broad SMARTS) is 1. The summed E-state index contributed by atoms with van der Waals surface area (Å²) >= 11 is 0. The van der Waals surface area contributed by atoms with Crippen LogP contribution < -0.4 is 11.1 Å². The monoisotopic (exact) mass is 158 g/mol. The molecule has 0 saturated heterocycles. The molecule has 4 heteroatoms.